The maximum Gasteiger partial charge on any atom is 0.332 e. The minimum atomic E-state index is -2.46. The van der Waals surface area contributed by atoms with Crippen LogP contribution in [0.2, 0.25) is 72.5 Å². The Balaban J connectivity index is 0.000000288. The number of imidazole rings is 4. The summed E-state index contributed by atoms with van der Waals surface area (Å²) in [6, 6.07) is 17.4. The maximum atomic E-state index is 16.4. The lowest BCUT2D eigenvalue weighted by Crippen LogP contribution is -2.49. The van der Waals surface area contributed by atoms with Gasteiger partial charge in [0.15, 0.2) is 128 Å². The van der Waals surface area contributed by atoms with Crippen molar-refractivity contribution in [2.75, 3.05) is 63.1 Å². The van der Waals surface area contributed by atoms with Crippen LogP contribution in [0.25, 0.3) is 44.7 Å². The maximum absolute atomic E-state index is 16.4. The van der Waals surface area contributed by atoms with Crippen molar-refractivity contribution in [2.24, 2.45) is 0 Å². The van der Waals surface area contributed by atoms with Crippen molar-refractivity contribution in [1.82, 2.24) is 78.1 Å². The number of carbonyl (C=O) groups excluding carboxylic acids is 2. The SMILES string of the molecule is CC(C)(C)[Si](C)(C)OC[C@H]1O[C@@H](n2cnc3c(CCC#CCN(C(=O)c4ccccc4)c4ncnc5c4ncn5[C@@H]4O[C@H](CO)[C@@H](O[Si](C)(C)C(C)(C)C)[C@H]4F)ncnc32)[C@H](F)[C@@H]1OP=O.C[P+](C)=O.O.[2H]C[C@H]1O[C@@H](n2cnc3c(N(CC#CCCc4ncnc5c4ncn5[C@@H]4O[C@H](CO[Si](C)(C)C(C)(C)C)[C@@H](O)[C@H]4F)C(=O)c4ccccc4)ncnc32)[C@H](F)[C@@H]1O[Si](C)(C)C(C)(C)C.[3H]OC.[HH]. The van der Waals surface area contributed by atoms with Crippen LogP contribution in [0, 0.1) is 23.7 Å². The first-order chi connectivity index (χ1) is 64.5. The lowest BCUT2D eigenvalue weighted by molar-refractivity contribution is -0.0445. The minimum absolute atomic E-state index is 0. The van der Waals surface area contributed by atoms with Gasteiger partial charge in [-0.25, -0.2) is 81.9 Å². The predicted molar refractivity (Wildman–Crippen MR) is 520 cm³/mol. The lowest BCUT2D eigenvalue weighted by Gasteiger charge is -2.39. The third-order valence-corrected chi connectivity index (χ3v) is 44.4. The second-order valence-corrected chi connectivity index (χ2v) is 60.7. The first-order valence-electron chi connectivity index (χ1n) is 45.7. The Morgan fingerprint density at radius 3 is 1.24 bits per heavy atom. The van der Waals surface area contributed by atoms with Gasteiger partial charge in [-0.2, -0.15) is 0 Å². The number of carbonyl (C=O) groups is 2. The number of nitrogens with zero attached hydrogens (tertiary/aromatic N) is 18. The molecule has 0 saturated carbocycles. The van der Waals surface area contributed by atoms with Crippen LogP contribution in [-0.4, -0.2) is 272 Å². The van der Waals surface area contributed by atoms with E-state index in [0.717, 1.165) is 0 Å². The minimum Gasteiger partial charge on any atom is -0.414 e. The monoisotopic (exact) mass is 2000 g/mol. The summed E-state index contributed by atoms with van der Waals surface area (Å²) in [5.41, 5.74) is 4.40. The van der Waals surface area contributed by atoms with Crippen LogP contribution < -0.4 is 9.80 Å². The number of aliphatic hydroxyl groups excluding tert-OH is 3. The molecule has 45 heteroatoms. The van der Waals surface area contributed by atoms with Crippen molar-refractivity contribution in [2.45, 2.75) is 287 Å². The summed E-state index contributed by atoms with van der Waals surface area (Å²) in [4.78, 5) is 84.7. The summed E-state index contributed by atoms with van der Waals surface area (Å²) in [6.07, 6.45) is -7.12. The Morgan fingerprint density at radius 1 is 0.515 bits per heavy atom. The second kappa shape index (κ2) is 45.1. The normalized spacial score (nSPS) is 23.4. The Kier molecular flexibility index (Phi) is 35.1. The average molecular weight is 2000 g/mol. The number of anilines is 2. The van der Waals surface area contributed by atoms with Gasteiger partial charge in [0.1, 0.15) is 92.4 Å². The predicted octanol–water partition coefficient (Wildman–Crippen LogP) is 15.3. The Bertz CT molecular complexity index is 5950. The molecule has 0 unspecified atom stereocenters. The smallest absolute Gasteiger partial charge is 0.332 e. The fourth-order valence-electron chi connectivity index (χ4n) is 14.4. The summed E-state index contributed by atoms with van der Waals surface area (Å²) < 4.78 is 161. The van der Waals surface area contributed by atoms with E-state index in [-0.39, 0.29) is 100 Å². The van der Waals surface area contributed by atoms with E-state index in [1.807, 2.05) is 32.3 Å². The third-order valence-electron chi connectivity index (χ3n) is 26.1. The van der Waals surface area contributed by atoms with Gasteiger partial charge in [0.05, 0.1) is 75.7 Å². The van der Waals surface area contributed by atoms with Crippen molar-refractivity contribution in [3.63, 3.8) is 0 Å². The van der Waals surface area contributed by atoms with E-state index in [9.17, 15) is 28.9 Å². The van der Waals surface area contributed by atoms with Gasteiger partial charge in [0.25, 0.3) is 11.8 Å². The van der Waals surface area contributed by atoms with Crippen LogP contribution in [0.1, 0.15) is 163 Å². The Morgan fingerprint density at radius 2 is 0.853 bits per heavy atom. The molecule has 4 fully saturated rings. The average Bonchev–Trinajstić information content (AvgIpc) is 1.60. The van der Waals surface area contributed by atoms with E-state index in [4.69, 9.17) is 44.0 Å². The number of hydrogen-bond donors (Lipinski definition) is 3. The fourth-order valence-corrected chi connectivity index (χ4v) is 19.4. The molecule has 14 rings (SSSR count). The molecule has 4 saturated heterocycles. The van der Waals surface area contributed by atoms with E-state index >= 15 is 17.6 Å². The number of aryl methyl sites for hydroxylation is 2. The molecule has 0 spiro atoms. The van der Waals surface area contributed by atoms with Gasteiger partial charge in [-0.15, -0.1) is 11.8 Å². The number of rotatable bonds is 27. The van der Waals surface area contributed by atoms with Crippen molar-refractivity contribution >= 4 is 118 Å². The number of benzene rings is 2. The Labute approximate surface area is 801 Å². The van der Waals surface area contributed by atoms with Crippen molar-refractivity contribution in [3.05, 3.63) is 134 Å². The lowest BCUT2D eigenvalue weighted by atomic mass is 10.1. The molecule has 0 aliphatic carbocycles. The summed E-state index contributed by atoms with van der Waals surface area (Å²) in [6.45, 7) is 44.1. The molecule has 12 heterocycles. The molecule has 740 valence electrons. The molecule has 5 N–H and O–H groups in total. The van der Waals surface area contributed by atoms with Crippen LogP contribution >= 0.6 is 16.5 Å². The number of ether oxygens (including phenoxy) is 4. The van der Waals surface area contributed by atoms with Crippen molar-refractivity contribution in [3.8, 4) is 23.7 Å². The molecule has 2 amide bonds. The second-order valence-electron chi connectivity index (χ2n) is 39.5. The highest BCUT2D eigenvalue weighted by molar-refractivity contribution is 7.42. The van der Waals surface area contributed by atoms with Crippen LogP contribution in [0.3, 0.4) is 0 Å². The summed E-state index contributed by atoms with van der Waals surface area (Å²) in [7, 11) is -9.55. The van der Waals surface area contributed by atoms with Crippen LogP contribution in [-0.2, 0) is 63.1 Å². The number of aromatic nitrogens is 16. The number of halogens is 4. The molecular weight excluding hydrogens is 1870 g/mol. The molecule has 8 aromatic heterocycles. The highest BCUT2D eigenvalue weighted by Gasteiger charge is 2.55. The van der Waals surface area contributed by atoms with Gasteiger partial charge in [0.2, 0.25) is 1.43 Å². The van der Waals surface area contributed by atoms with Gasteiger partial charge >= 0.3 is 16.5 Å². The largest absolute Gasteiger partial charge is 0.414 e. The first-order valence-corrected chi connectivity index (χ1v) is 59.1. The zero-order chi connectivity index (χ0) is 100. The molecule has 0 bridgehead atoms. The van der Waals surface area contributed by atoms with Gasteiger partial charge < -0.3 is 57.4 Å². The molecule has 16 atom stereocenters. The number of alkyl halides is 4. The van der Waals surface area contributed by atoms with Gasteiger partial charge in [-0.05, 0) is 104 Å². The molecule has 4 aliphatic heterocycles. The molecule has 10 aromatic rings. The van der Waals surface area contributed by atoms with Crippen LogP contribution in [0.4, 0.5) is 29.2 Å². The van der Waals surface area contributed by atoms with Crippen molar-refractivity contribution < 1.29 is 101 Å². The van der Waals surface area contributed by atoms with Gasteiger partial charge in [-0.1, -0.05) is 136 Å². The van der Waals surface area contributed by atoms with E-state index < -0.39 is 161 Å². The zero-order valence-corrected chi connectivity index (χ0v) is 87.1. The summed E-state index contributed by atoms with van der Waals surface area (Å²) in [5, 5.41) is 24.0. The van der Waals surface area contributed by atoms with E-state index in [1.54, 1.807) is 67.9 Å². The molecule has 136 heavy (non-hydrogen) atoms. The molecular formula is C91H131F4N18O17P2Si4+. The van der Waals surface area contributed by atoms with E-state index in [0.29, 0.717) is 70.5 Å². The first kappa shape index (κ1) is 106. The van der Waals surface area contributed by atoms with Crippen molar-refractivity contribution in [1.29, 1.82) is 1.43 Å². The highest BCUT2D eigenvalue weighted by Crippen LogP contribution is 2.48. The topological polar surface area (TPSA) is 424 Å². The third kappa shape index (κ3) is 24.2. The zero-order valence-electron chi connectivity index (χ0n) is 83.3. The Hall–Kier alpha value is -9.03. The molecule has 35 nitrogen and oxygen atoms in total. The van der Waals surface area contributed by atoms with Gasteiger partial charge in [0, 0.05) is 46.7 Å². The summed E-state index contributed by atoms with van der Waals surface area (Å²) >= 11 is 0. The van der Waals surface area contributed by atoms with E-state index in [1.165, 1.54) is 85.8 Å². The number of fused-ring (bicyclic) bond motifs is 4. The molecule has 0 radical (unpaired) electrons. The van der Waals surface area contributed by atoms with E-state index in [2.05, 4.69) is 198 Å². The molecule has 4 aliphatic rings. The van der Waals surface area contributed by atoms with Gasteiger partial charge in [-0.3, -0.25) is 42.2 Å². The fraction of sp³-hybridized carbons (Fsp3) is 0.582. The van der Waals surface area contributed by atoms with Crippen LogP contribution in [0.15, 0.2) is 111 Å². The number of amides is 2. The standard InChI is InChI=1S/C44H58F2N9O8PSi2.C44H59F2N9O6Si2.C2H6OP.CH4O.H2O.H2/c1-43(2,3)65(7,8)59-22-30-35(62-64-58)31(45)41(61-30)54-25-51-33-28(47-23-48-37(33)54)19-15-12-16-20-53(40(57)27-17-13-11-14-18-27)38-34-39(50-24-49-38)55(26-52-34)42-32(46)36(29(21-56)60-42)63-66(9,10)44(4,5)6;1-27-36(61-63(10,11)44(5,6)7)32(46)42(59-27)55-26-52-34-38(49-24-50-39(34)55)53(40(57)28-18-14-12-15-19-28)21-17-13-16-20-29-33-37(48-23-47-29)54(25-51-33)41-31(45)35(56)30(60-41)22-58-62(8,9)43(2,3)4;1-4(2)3;1-2;;/h11,13-14,17-18,23-26,29-32,35-36,41-42,56H,15,19-22H2,1-10H3;12,14-15,18-19,23-27,30-32,35-36,41-42,56H,16,20-22H2,1-11H3;1-2H3;2H,1H3;1H2;1H/q;;+1;;;/t29-,30-,31-,32-,35-,36-,41-,42-;27-,30-,31-,32-,35-,36-,41-,42-;;;;/m11..../s1/i;1D;;2T;;. The highest BCUT2D eigenvalue weighted by atomic mass is 31.1. The quantitative estimate of drug-likeness (QED) is 0.0186. The molecule has 2 aromatic carbocycles. The number of hydrogen-bond acceptors (Lipinski definition) is 28. The number of aliphatic hydroxyl groups is 3. The van der Waals surface area contributed by atoms with Crippen LogP contribution in [0.5, 0.6) is 0 Å². The summed E-state index contributed by atoms with van der Waals surface area (Å²) in [5.74, 6) is 12.0.